The summed E-state index contributed by atoms with van der Waals surface area (Å²) in [6, 6.07) is 8.28. The van der Waals surface area contributed by atoms with E-state index in [0.717, 1.165) is 31.7 Å². The Balaban J connectivity index is 1.54. The first-order valence-electron chi connectivity index (χ1n) is 7.21. The van der Waals surface area contributed by atoms with Crippen LogP contribution in [0.15, 0.2) is 24.3 Å². The van der Waals surface area contributed by atoms with Crippen LogP contribution < -0.4 is 5.32 Å². The van der Waals surface area contributed by atoms with Crippen molar-refractivity contribution < 1.29 is 4.79 Å². The molecule has 3 heteroatoms. The number of likely N-dealkylation sites (tertiary alicyclic amines) is 1. The van der Waals surface area contributed by atoms with E-state index in [1.54, 1.807) is 0 Å². The molecule has 0 aliphatic carbocycles. The van der Waals surface area contributed by atoms with Gasteiger partial charge in [-0.25, -0.2) is 0 Å². The van der Waals surface area contributed by atoms with E-state index in [9.17, 15) is 4.79 Å². The van der Waals surface area contributed by atoms with E-state index in [2.05, 4.69) is 36.5 Å². The SMILES string of the molecule is Cc1ccc(CC(=O)N2CC3(CCNCC3)C2)cc1. The molecule has 19 heavy (non-hydrogen) atoms. The summed E-state index contributed by atoms with van der Waals surface area (Å²) in [5.41, 5.74) is 2.81. The topological polar surface area (TPSA) is 32.3 Å². The maximum absolute atomic E-state index is 12.2. The van der Waals surface area contributed by atoms with Crippen molar-refractivity contribution in [3.8, 4) is 0 Å². The van der Waals surface area contributed by atoms with E-state index in [0.29, 0.717) is 11.8 Å². The Kier molecular flexibility index (Phi) is 3.31. The van der Waals surface area contributed by atoms with Gasteiger partial charge in [-0.3, -0.25) is 4.79 Å². The Morgan fingerprint density at radius 2 is 1.84 bits per heavy atom. The monoisotopic (exact) mass is 258 g/mol. The fraction of sp³-hybridized carbons (Fsp3) is 0.562. The number of carbonyl (C=O) groups is 1. The Hall–Kier alpha value is -1.35. The fourth-order valence-electron chi connectivity index (χ4n) is 3.21. The maximum Gasteiger partial charge on any atom is 0.227 e. The van der Waals surface area contributed by atoms with Gasteiger partial charge >= 0.3 is 0 Å². The van der Waals surface area contributed by atoms with Gasteiger partial charge in [-0.2, -0.15) is 0 Å². The summed E-state index contributed by atoms with van der Waals surface area (Å²) < 4.78 is 0. The van der Waals surface area contributed by atoms with Gasteiger partial charge in [-0.1, -0.05) is 29.8 Å². The molecule has 1 aromatic rings. The predicted molar refractivity (Wildman–Crippen MR) is 76.0 cm³/mol. The first-order valence-corrected chi connectivity index (χ1v) is 7.21. The molecule has 3 nitrogen and oxygen atoms in total. The van der Waals surface area contributed by atoms with Crippen LogP contribution in [0.4, 0.5) is 0 Å². The lowest BCUT2D eigenvalue weighted by molar-refractivity contribution is -0.144. The van der Waals surface area contributed by atoms with Gasteiger partial charge in [-0.05, 0) is 38.4 Å². The number of piperidine rings is 1. The summed E-state index contributed by atoms with van der Waals surface area (Å²) in [5.74, 6) is 0.285. The zero-order chi connectivity index (χ0) is 13.3. The summed E-state index contributed by atoms with van der Waals surface area (Å²) in [7, 11) is 0. The largest absolute Gasteiger partial charge is 0.341 e. The minimum absolute atomic E-state index is 0.285. The van der Waals surface area contributed by atoms with Crippen molar-refractivity contribution in [1.29, 1.82) is 0 Å². The van der Waals surface area contributed by atoms with Crippen LogP contribution in [-0.2, 0) is 11.2 Å². The van der Waals surface area contributed by atoms with Crippen LogP contribution in [-0.4, -0.2) is 37.0 Å². The highest BCUT2D eigenvalue weighted by atomic mass is 16.2. The Morgan fingerprint density at radius 1 is 1.21 bits per heavy atom. The molecule has 1 N–H and O–H groups in total. The van der Waals surface area contributed by atoms with E-state index in [4.69, 9.17) is 0 Å². The number of amides is 1. The highest BCUT2D eigenvalue weighted by Crippen LogP contribution is 2.38. The first kappa shape index (κ1) is 12.7. The molecule has 0 unspecified atom stereocenters. The Morgan fingerprint density at radius 3 is 2.47 bits per heavy atom. The second-order valence-electron chi connectivity index (χ2n) is 6.16. The summed E-state index contributed by atoms with van der Waals surface area (Å²) in [6.45, 7) is 6.24. The minimum atomic E-state index is 0.285. The zero-order valence-corrected chi connectivity index (χ0v) is 11.6. The van der Waals surface area contributed by atoms with E-state index in [1.165, 1.54) is 18.4 Å². The van der Waals surface area contributed by atoms with Crippen LogP contribution in [0.2, 0.25) is 0 Å². The molecule has 2 aliphatic rings. The zero-order valence-electron chi connectivity index (χ0n) is 11.6. The van der Waals surface area contributed by atoms with Crippen molar-refractivity contribution in [2.24, 2.45) is 5.41 Å². The standard InChI is InChI=1S/C16H22N2O/c1-13-2-4-14(5-3-13)10-15(19)18-11-16(12-18)6-8-17-9-7-16/h2-5,17H,6-12H2,1H3. The first-order chi connectivity index (χ1) is 9.17. The molecule has 0 saturated carbocycles. The molecule has 2 saturated heterocycles. The Bertz CT molecular complexity index is 452. The van der Waals surface area contributed by atoms with Crippen LogP contribution in [0.25, 0.3) is 0 Å². The van der Waals surface area contributed by atoms with Crippen molar-refractivity contribution in [3.05, 3.63) is 35.4 Å². The van der Waals surface area contributed by atoms with Gasteiger partial charge in [0.25, 0.3) is 0 Å². The van der Waals surface area contributed by atoms with Crippen molar-refractivity contribution >= 4 is 5.91 Å². The number of carbonyl (C=O) groups excluding carboxylic acids is 1. The Labute approximate surface area is 115 Å². The van der Waals surface area contributed by atoms with Crippen molar-refractivity contribution in [1.82, 2.24) is 10.2 Å². The number of aryl methyl sites for hydroxylation is 1. The van der Waals surface area contributed by atoms with Crippen LogP contribution in [0.5, 0.6) is 0 Å². The molecular formula is C16H22N2O. The number of nitrogens with one attached hydrogen (secondary N) is 1. The summed E-state index contributed by atoms with van der Waals surface area (Å²) in [6.07, 6.45) is 3.00. The van der Waals surface area contributed by atoms with Gasteiger partial charge in [0.15, 0.2) is 0 Å². The lowest BCUT2D eigenvalue weighted by atomic mass is 9.72. The van der Waals surface area contributed by atoms with Gasteiger partial charge in [-0.15, -0.1) is 0 Å². The third-order valence-electron chi connectivity index (χ3n) is 4.55. The highest BCUT2D eigenvalue weighted by Gasteiger charge is 2.44. The third-order valence-corrected chi connectivity index (χ3v) is 4.55. The fourth-order valence-corrected chi connectivity index (χ4v) is 3.21. The van der Waals surface area contributed by atoms with Crippen LogP contribution in [0, 0.1) is 12.3 Å². The summed E-state index contributed by atoms with van der Waals surface area (Å²) in [4.78, 5) is 14.2. The van der Waals surface area contributed by atoms with E-state index in [1.807, 2.05) is 4.90 Å². The van der Waals surface area contributed by atoms with Crippen molar-refractivity contribution in [2.45, 2.75) is 26.2 Å². The van der Waals surface area contributed by atoms with Gasteiger partial charge in [0, 0.05) is 18.5 Å². The smallest absolute Gasteiger partial charge is 0.227 e. The van der Waals surface area contributed by atoms with Gasteiger partial charge in [0.2, 0.25) is 5.91 Å². The molecule has 0 atom stereocenters. The van der Waals surface area contributed by atoms with Crippen molar-refractivity contribution in [3.63, 3.8) is 0 Å². The summed E-state index contributed by atoms with van der Waals surface area (Å²) >= 11 is 0. The van der Waals surface area contributed by atoms with Crippen LogP contribution >= 0.6 is 0 Å². The molecule has 1 aromatic carbocycles. The van der Waals surface area contributed by atoms with Gasteiger partial charge in [0.1, 0.15) is 0 Å². The van der Waals surface area contributed by atoms with Crippen LogP contribution in [0.1, 0.15) is 24.0 Å². The number of hydrogen-bond acceptors (Lipinski definition) is 2. The lowest BCUT2D eigenvalue weighted by Gasteiger charge is -2.52. The molecule has 0 aromatic heterocycles. The highest BCUT2D eigenvalue weighted by molar-refractivity contribution is 5.79. The summed E-state index contributed by atoms with van der Waals surface area (Å²) in [5, 5.41) is 3.39. The average molecular weight is 258 g/mol. The second kappa shape index (κ2) is 4.97. The molecule has 1 amide bonds. The number of hydrogen-bond donors (Lipinski definition) is 1. The van der Waals surface area contributed by atoms with Gasteiger partial charge < -0.3 is 10.2 Å². The minimum Gasteiger partial charge on any atom is -0.341 e. The predicted octanol–water partition coefficient (Wildman–Crippen LogP) is 1.75. The molecule has 2 heterocycles. The van der Waals surface area contributed by atoms with Gasteiger partial charge in [0.05, 0.1) is 6.42 Å². The molecule has 102 valence electrons. The molecule has 3 rings (SSSR count). The maximum atomic E-state index is 12.2. The quantitative estimate of drug-likeness (QED) is 0.876. The molecular weight excluding hydrogens is 236 g/mol. The van der Waals surface area contributed by atoms with E-state index in [-0.39, 0.29) is 5.91 Å². The van der Waals surface area contributed by atoms with Crippen molar-refractivity contribution in [2.75, 3.05) is 26.2 Å². The van der Waals surface area contributed by atoms with Crippen LogP contribution in [0.3, 0.4) is 0 Å². The average Bonchev–Trinajstić information content (AvgIpc) is 2.39. The number of nitrogens with zero attached hydrogens (tertiary/aromatic N) is 1. The lowest BCUT2D eigenvalue weighted by Crippen LogP contribution is -2.61. The van der Waals surface area contributed by atoms with E-state index >= 15 is 0 Å². The number of rotatable bonds is 2. The molecule has 2 aliphatic heterocycles. The van der Waals surface area contributed by atoms with E-state index < -0.39 is 0 Å². The molecule has 0 radical (unpaired) electrons. The number of benzene rings is 1. The molecule has 1 spiro atoms. The molecule has 0 bridgehead atoms. The normalized spacial score (nSPS) is 21.2. The third kappa shape index (κ3) is 2.66. The molecule has 2 fully saturated rings. The second-order valence-corrected chi connectivity index (χ2v) is 6.16.